The molecule has 1 aliphatic rings. The van der Waals surface area contributed by atoms with Gasteiger partial charge in [-0.2, -0.15) is 0 Å². The van der Waals surface area contributed by atoms with Gasteiger partial charge in [-0.1, -0.05) is 6.08 Å². The molecule has 0 aromatic carbocycles. The van der Waals surface area contributed by atoms with Crippen LogP contribution >= 0.6 is 0 Å². The summed E-state index contributed by atoms with van der Waals surface area (Å²) < 4.78 is 10.6. The van der Waals surface area contributed by atoms with Gasteiger partial charge in [0.05, 0.1) is 12.6 Å². The number of nitrogens with zero attached hydrogens (tertiary/aromatic N) is 1. The fourth-order valence-corrected chi connectivity index (χ4v) is 1.75. The van der Waals surface area contributed by atoms with Gasteiger partial charge >= 0.3 is 0 Å². The number of hydrogen-bond donors (Lipinski definition) is 2. The average molecular weight is 255 g/mol. The first-order valence-electron chi connectivity index (χ1n) is 6.60. The van der Waals surface area contributed by atoms with Gasteiger partial charge in [0.25, 0.3) is 0 Å². The molecule has 0 radical (unpaired) electrons. The van der Waals surface area contributed by atoms with Gasteiger partial charge in [0.15, 0.2) is 5.96 Å². The van der Waals surface area contributed by atoms with Crippen molar-refractivity contribution in [1.82, 2.24) is 10.6 Å². The average Bonchev–Trinajstić information content (AvgIpc) is 2.90. The van der Waals surface area contributed by atoms with E-state index in [1.807, 2.05) is 6.08 Å². The zero-order valence-corrected chi connectivity index (χ0v) is 11.3. The van der Waals surface area contributed by atoms with Crippen LogP contribution in [-0.4, -0.2) is 52.0 Å². The molecule has 0 aromatic rings. The lowest BCUT2D eigenvalue weighted by Crippen LogP contribution is -2.38. The van der Waals surface area contributed by atoms with Gasteiger partial charge in [-0.05, 0) is 19.3 Å². The van der Waals surface area contributed by atoms with E-state index in [1.165, 1.54) is 0 Å². The van der Waals surface area contributed by atoms with Crippen LogP contribution in [0.4, 0.5) is 0 Å². The summed E-state index contributed by atoms with van der Waals surface area (Å²) in [6.07, 6.45) is 5.33. The molecule has 1 rings (SSSR count). The van der Waals surface area contributed by atoms with Crippen LogP contribution in [0, 0.1) is 0 Å². The highest BCUT2D eigenvalue weighted by molar-refractivity contribution is 5.79. The van der Waals surface area contributed by atoms with E-state index in [2.05, 4.69) is 22.2 Å². The molecule has 5 heteroatoms. The van der Waals surface area contributed by atoms with E-state index in [-0.39, 0.29) is 6.10 Å². The Labute approximate surface area is 110 Å². The molecule has 0 amide bonds. The van der Waals surface area contributed by atoms with Crippen molar-refractivity contribution in [2.45, 2.75) is 25.4 Å². The van der Waals surface area contributed by atoms with Crippen molar-refractivity contribution in [2.24, 2.45) is 4.99 Å². The van der Waals surface area contributed by atoms with Gasteiger partial charge in [0, 0.05) is 33.4 Å². The first kappa shape index (κ1) is 15.0. The second kappa shape index (κ2) is 9.91. The standard InChI is InChI=1S/C13H25N3O2/c1-3-7-14-13(15-8-5-9-17-2)16-11-12-6-4-10-18-12/h3,12H,1,4-11H2,2H3,(H2,14,15,16). The van der Waals surface area contributed by atoms with Gasteiger partial charge in [-0.15, -0.1) is 6.58 Å². The summed E-state index contributed by atoms with van der Waals surface area (Å²) in [4.78, 5) is 4.52. The van der Waals surface area contributed by atoms with Crippen LogP contribution in [0.1, 0.15) is 19.3 Å². The number of guanidine groups is 1. The highest BCUT2D eigenvalue weighted by Crippen LogP contribution is 2.11. The van der Waals surface area contributed by atoms with E-state index in [0.29, 0.717) is 6.54 Å². The molecule has 1 fully saturated rings. The summed E-state index contributed by atoms with van der Waals surface area (Å²) in [6, 6.07) is 0. The number of hydrogen-bond acceptors (Lipinski definition) is 3. The third kappa shape index (κ3) is 6.61. The van der Waals surface area contributed by atoms with E-state index in [9.17, 15) is 0 Å². The summed E-state index contributed by atoms with van der Waals surface area (Å²) in [5.74, 6) is 0.821. The Morgan fingerprint density at radius 2 is 2.44 bits per heavy atom. The number of methoxy groups -OCH3 is 1. The molecular weight excluding hydrogens is 230 g/mol. The Kier molecular flexibility index (Phi) is 8.25. The zero-order valence-electron chi connectivity index (χ0n) is 11.3. The minimum Gasteiger partial charge on any atom is -0.385 e. The topological polar surface area (TPSA) is 54.9 Å². The summed E-state index contributed by atoms with van der Waals surface area (Å²) >= 11 is 0. The lowest BCUT2D eigenvalue weighted by molar-refractivity contribution is 0.117. The van der Waals surface area contributed by atoms with Crippen molar-refractivity contribution in [3.63, 3.8) is 0 Å². The molecule has 0 bridgehead atoms. The molecule has 5 nitrogen and oxygen atoms in total. The maximum atomic E-state index is 5.55. The molecule has 0 aromatic heterocycles. The monoisotopic (exact) mass is 255 g/mol. The molecule has 0 aliphatic carbocycles. The molecule has 1 heterocycles. The molecule has 0 spiro atoms. The van der Waals surface area contributed by atoms with Crippen molar-refractivity contribution in [1.29, 1.82) is 0 Å². The third-order valence-electron chi connectivity index (χ3n) is 2.71. The molecular formula is C13H25N3O2. The number of ether oxygens (including phenoxy) is 2. The minimum atomic E-state index is 0.284. The largest absolute Gasteiger partial charge is 0.385 e. The number of rotatable bonds is 8. The molecule has 1 saturated heterocycles. The van der Waals surface area contributed by atoms with Gasteiger partial charge in [-0.25, -0.2) is 0 Å². The Hall–Kier alpha value is -1.07. The first-order chi connectivity index (χ1) is 8.86. The van der Waals surface area contributed by atoms with Crippen LogP contribution in [0.25, 0.3) is 0 Å². The van der Waals surface area contributed by atoms with Crippen molar-refractivity contribution in [2.75, 3.05) is 40.0 Å². The van der Waals surface area contributed by atoms with E-state index in [4.69, 9.17) is 9.47 Å². The normalized spacial score (nSPS) is 19.8. The Morgan fingerprint density at radius 1 is 1.56 bits per heavy atom. The highest BCUT2D eigenvalue weighted by Gasteiger charge is 2.14. The zero-order chi connectivity index (χ0) is 13.1. The second-order valence-corrected chi connectivity index (χ2v) is 4.27. The second-order valence-electron chi connectivity index (χ2n) is 4.27. The minimum absolute atomic E-state index is 0.284. The predicted octanol–water partition coefficient (Wildman–Crippen LogP) is 0.923. The van der Waals surface area contributed by atoms with Crippen LogP contribution in [0.5, 0.6) is 0 Å². The van der Waals surface area contributed by atoms with E-state index >= 15 is 0 Å². The Morgan fingerprint density at radius 3 is 3.11 bits per heavy atom. The van der Waals surface area contributed by atoms with Crippen LogP contribution < -0.4 is 10.6 Å². The maximum Gasteiger partial charge on any atom is 0.191 e. The quantitative estimate of drug-likeness (QED) is 0.293. The van der Waals surface area contributed by atoms with Crippen molar-refractivity contribution >= 4 is 5.96 Å². The molecule has 1 unspecified atom stereocenters. The summed E-state index contributed by atoms with van der Waals surface area (Å²) in [5.41, 5.74) is 0. The molecule has 2 N–H and O–H groups in total. The molecule has 0 saturated carbocycles. The summed E-state index contributed by atoms with van der Waals surface area (Å²) in [5, 5.41) is 6.46. The van der Waals surface area contributed by atoms with Crippen LogP contribution in [0.2, 0.25) is 0 Å². The van der Waals surface area contributed by atoms with Gasteiger partial charge < -0.3 is 20.1 Å². The first-order valence-corrected chi connectivity index (χ1v) is 6.60. The van der Waals surface area contributed by atoms with Gasteiger partial charge in [-0.3, -0.25) is 4.99 Å². The summed E-state index contributed by atoms with van der Waals surface area (Å²) in [6.45, 7) is 7.60. The smallest absolute Gasteiger partial charge is 0.191 e. The highest BCUT2D eigenvalue weighted by atomic mass is 16.5. The van der Waals surface area contributed by atoms with Crippen LogP contribution in [0.15, 0.2) is 17.6 Å². The Balaban J connectivity index is 2.27. The van der Waals surface area contributed by atoms with Crippen molar-refractivity contribution < 1.29 is 9.47 Å². The van der Waals surface area contributed by atoms with Crippen LogP contribution in [0.3, 0.4) is 0 Å². The lowest BCUT2D eigenvalue weighted by Gasteiger charge is -2.12. The fraction of sp³-hybridized carbons (Fsp3) is 0.769. The van der Waals surface area contributed by atoms with Gasteiger partial charge in [0.2, 0.25) is 0 Å². The van der Waals surface area contributed by atoms with E-state index in [0.717, 1.165) is 51.5 Å². The van der Waals surface area contributed by atoms with Crippen molar-refractivity contribution in [3.8, 4) is 0 Å². The predicted molar refractivity (Wildman–Crippen MR) is 74.0 cm³/mol. The molecule has 1 aliphatic heterocycles. The van der Waals surface area contributed by atoms with Crippen molar-refractivity contribution in [3.05, 3.63) is 12.7 Å². The Bertz CT molecular complexity index is 251. The SMILES string of the molecule is C=CCNC(=NCC1CCCO1)NCCCOC. The van der Waals surface area contributed by atoms with Crippen LogP contribution in [-0.2, 0) is 9.47 Å². The van der Waals surface area contributed by atoms with E-state index < -0.39 is 0 Å². The summed E-state index contributed by atoms with van der Waals surface area (Å²) in [7, 11) is 1.71. The molecule has 1 atom stereocenters. The van der Waals surface area contributed by atoms with E-state index in [1.54, 1.807) is 7.11 Å². The lowest BCUT2D eigenvalue weighted by atomic mass is 10.2. The van der Waals surface area contributed by atoms with Gasteiger partial charge in [0.1, 0.15) is 0 Å². The number of aliphatic imine (C=N–C) groups is 1. The molecule has 18 heavy (non-hydrogen) atoms. The number of nitrogens with one attached hydrogen (secondary N) is 2. The fourth-order valence-electron chi connectivity index (χ4n) is 1.75. The third-order valence-corrected chi connectivity index (χ3v) is 2.71. The maximum absolute atomic E-state index is 5.55. The molecule has 104 valence electrons.